The summed E-state index contributed by atoms with van der Waals surface area (Å²) in [5.74, 6) is 0.695. The molecule has 0 amide bonds. The maximum absolute atomic E-state index is 14.1. The Morgan fingerprint density at radius 2 is 1.90 bits per heavy atom. The van der Waals surface area contributed by atoms with E-state index in [-0.39, 0.29) is 19.0 Å². The number of esters is 1. The van der Waals surface area contributed by atoms with Gasteiger partial charge in [0.25, 0.3) is 5.56 Å². The Bertz CT molecular complexity index is 1950. The van der Waals surface area contributed by atoms with Crippen LogP contribution in [0.15, 0.2) is 63.5 Å². The van der Waals surface area contributed by atoms with E-state index in [4.69, 9.17) is 19.2 Å². The zero-order valence-electron chi connectivity index (χ0n) is 23.3. The smallest absolute Gasteiger partial charge is 0.338 e. The van der Waals surface area contributed by atoms with Crippen LogP contribution in [0.5, 0.6) is 11.5 Å². The zero-order valence-corrected chi connectivity index (χ0v) is 26.3. The van der Waals surface area contributed by atoms with Gasteiger partial charge in [0, 0.05) is 20.6 Å². The number of hydrogen-bond acceptors (Lipinski definition) is 7. The molecular formula is C31H28IN3O5S. The number of rotatable bonds is 5. The molecule has 0 N–H and O–H groups in total. The molecule has 0 bridgehead atoms. The average molecular weight is 682 g/mol. The lowest BCUT2D eigenvalue weighted by Crippen LogP contribution is -2.39. The van der Waals surface area contributed by atoms with Crippen molar-refractivity contribution in [2.24, 2.45) is 4.99 Å². The van der Waals surface area contributed by atoms with Gasteiger partial charge in [0.2, 0.25) is 6.79 Å². The summed E-state index contributed by atoms with van der Waals surface area (Å²) >= 11 is 3.65. The van der Waals surface area contributed by atoms with Crippen molar-refractivity contribution in [3.8, 4) is 17.2 Å². The van der Waals surface area contributed by atoms with E-state index in [0.29, 0.717) is 37.7 Å². The number of nitrogens with zero attached hydrogens (tertiary/aromatic N) is 3. The summed E-state index contributed by atoms with van der Waals surface area (Å²) < 4.78 is 22.0. The molecule has 0 saturated carbocycles. The third-order valence-corrected chi connectivity index (χ3v) is 9.58. The van der Waals surface area contributed by atoms with Crippen LogP contribution >= 0.6 is 33.9 Å². The maximum atomic E-state index is 14.1. The fourth-order valence-corrected chi connectivity index (χ4v) is 6.80. The molecule has 0 saturated heterocycles. The van der Waals surface area contributed by atoms with E-state index in [1.807, 2.05) is 18.2 Å². The first-order chi connectivity index (χ1) is 19.7. The molecule has 1 unspecified atom stereocenters. The Hall–Kier alpha value is -3.64. The molecule has 41 heavy (non-hydrogen) atoms. The van der Waals surface area contributed by atoms with Crippen molar-refractivity contribution in [1.82, 2.24) is 9.13 Å². The van der Waals surface area contributed by atoms with Gasteiger partial charge in [0.05, 0.1) is 28.5 Å². The Morgan fingerprint density at radius 3 is 2.66 bits per heavy atom. The molecule has 0 spiro atoms. The minimum atomic E-state index is -0.718. The second-order valence-corrected chi connectivity index (χ2v) is 12.2. The molecule has 0 aliphatic carbocycles. The number of hydrogen-bond donors (Lipinski definition) is 0. The van der Waals surface area contributed by atoms with Gasteiger partial charge in [-0.15, -0.1) is 0 Å². The van der Waals surface area contributed by atoms with Gasteiger partial charge in [-0.2, -0.15) is 0 Å². The van der Waals surface area contributed by atoms with Crippen LogP contribution in [-0.4, -0.2) is 28.5 Å². The topological polar surface area (TPSA) is 84.1 Å². The summed E-state index contributed by atoms with van der Waals surface area (Å²) in [6, 6.07) is 13.2. The second kappa shape index (κ2) is 10.6. The van der Waals surface area contributed by atoms with Crippen molar-refractivity contribution >= 4 is 46.0 Å². The number of aryl methyl sites for hydroxylation is 2. The maximum Gasteiger partial charge on any atom is 0.338 e. The Labute approximate surface area is 254 Å². The van der Waals surface area contributed by atoms with Crippen molar-refractivity contribution in [2.45, 2.75) is 40.7 Å². The SMILES string of the molecule is CCOC(=O)C1=C(C)N=c2sc(=Cc3cc(C)n(-c4ccc(I)c(C)c4)c3C)c(=O)n2C1c1ccc2c(c1)OCO2. The van der Waals surface area contributed by atoms with Gasteiger partial charge in [-0.3, -0.25) is 9.36 Å². The number of allylic oxidation sites excluding steroid dienone is 1. The highest BCUT2D eigenvalue weighted by Gasteiger charge is 2.34. The molecule has 2 aliphatic heterocycles. The lowest BCUT2D eigenvalue weighted by molar-refractivity contribution is -0.139. The number of benzene rings is 2. The van der Waals surface area contributed by atoms with Gasteiger partial charge in [-0.05, 0) is 116 Å². The van der Waals surface area contributed by atoms with Crippen molar-refractivity contribution in [3.63, 3.8) is 0 Å². The van der Waals surface area contributed by atoms with Crippen LogP contribution < -0.4 is 24.4 Å². The van der Waals surface area contributed by atoms with Crippen molar-refractivity contribution < 1.29 is 19.0 Å². The molecule has 8 nitrogen and oxygen atoms in total. The standard InChI is InChI=1S/C31H28IN3O5S/c1-6-38-30(37)27-18(4)33-31-35(28(27)20-7-10-24-25(13-20)40-15-39-24)29(36)26(41-31)14-21-12-17(3)34(19(21)5)22-8-9-23(32)16(2)11-22/h7-14,28H,6,15H2,1-5H3. The van der Waals surface area contributed by atoms with Gasteiger partial charge in [-0.1, -0.05) is 17.4 Å². The number of aromatic nitrogens is 2. The Kier molecular flexibility index (Phi) is 7.14. The lowest BCUT2D eigenvalue weighted by atomic mass is 9.95. The predicted octanol–water partition coefficient (Wildman–Crippen LogP) is 4.85. The van der Waals surface area contributed by atoms with Crippen LogP contribution in [0.2, 0.25) is 0 Å². The summed E-state index contributed by atoms with van der Waals surface area (Å²) in [4.78, 5) is 32.5. The van der Waals surface area contributed by atoms with E-state index in [1.54, 1.807) is 24.5 Å². The van der Waals surface area contributed by atoms with Crippen LogP contribution in [0, 0.1) is 24.3 Å². The molecule has 6 rings (SSSR count). The lowest BCUT2D eigenvalue weighted by Gasteiger charge is -2.24. The second-order valence-electron chi connectivity index (χ2n) is 10.0. The van der Waals surface area contributed by atoms with Crippen LogP contribution in [-0.2, 0) is 9.53 Å². The summed E-state index contributed by atoms with van der Waals surface area (Å²) in [5, 5.41) is 0. The highest BCUT2D eigenvalue weighted by molar-refractivity contribution is 14.1. The quantitative estimate of drug-likeness (QED) is 0.222. The van der Waals surface area contributed by atoms with E-state index in [9.17, 15) is 9.59 Å². The van der Waals surface area contributed by atoms with Gasteiger partial charge in [0.15, 0.2) is 16.3 Å². The van der Waals surface area contributed by atoms with Gasteiger partial charge in [-0.25, -0.2) is 9.79 Å². The predicted molar refractivity (Wildman–Crippen MR) is 166 cm³/mol. The molecule has 2 aliphatic rings. The van der Waals surface area contributed by atoms with E-state index in [2.05, 4.69) is 72.2 Å². The summed E-state index contributed by atoms with van der Waals surface area (Å²) in [5.41, 5.74) is 6.68. The van der Waals surface area contributed by atoms with Gasteiger partial charge >= 0.3 is 5.97 Å². The van der Waals surface area contributed by atoms with Crippen LogP contribution in [0.3, 0.4) is 0 Å². The summed E-state index contributed by atoms with van der Waals surface area (Å²) in [7, 11) is 0. The Morgan fingerprint density at radius 1 is 1.12 bits per heavy atom. The minimum Gasteiger partial charge on any atom is -0.463 e. The van der Waals surface area contributed by atoms with E-state index in [0.717, 1.165) is 22.6 Å². The van der Waals surface area contributed by atoms with Crippen LogP contribution in [0.1, 0.15) is 48.0 Å². The van der Waals surface area contributed by atoms with Crippen LogP contribution in [0.4, 0.5) is 0 Å². The molecule has 0 fully saturated rings. The number of halogens is 1. The van der Waals surface area contributed by atoms with Crippen molar-refractivity contribution in [2.75, 3.05) is 13.4 Å². The molecule has 4 aromatic rings. The molecule has 2 aromatic carbocycles. The fraction of sp³-hybridized carbons (Fsp3) is 0.258. The van der Waals surface area contributed by atoms with Crippen molar-refractivity contribution in [1.29, 1.82) is 0 Å². The summed E-state index contributed by atoms with van der Waals surface area (Å²) in [6.45, 7) is 10.1. The number of carbonyl (C=O) groups is 1. The largest absolute Gasteiger partial charge is 0.463 e. The van der Waals surface area contributed by atoms with Crippen molar-refractivity contribution in [3.05, 3.63) is 105 Å². The normalized spacial score (nSPS) is 16.1. The zero-order chi connectivity index (χ0) is 29.0. The highest BCUT2D eigenvalue weighted by Crippen LogP contribution is 2.38. The first-order valence-electron chi connectivity index (χ1n) is 13.2. The van der Waals surface area contributed by atoms with Gasteiger partial charge < -0.3 is 18.8 Å². The first kappa shape index (κ1) is 27.5. The molecule has 210 valence electrons. The molecule has 4 heterocycles. The molecule has 1 atom stereocenters. The molecule has 0 radical (unpaired) electrons. The van der Waals surface area contributed by atoms with E-state index in [1.165, 1.54) is 20.5 Å². The highest BCUT2D eigenvalue weighted by atomic mass is 127. The van der Waals surface area contributed by atoms with Gasteiger partial charge in [0.1, 0.15) is 0 Å². The third-order valence-electron chi connectivity index (χ3n) is 7.39. The number of thiazole rings is 1. The Balaban J connectivity index is 1.52. The number of carbonyl (C=O) groups excluding carboxylic acids is 1. The first-order valence-corrected chi connectivity index (χ1v) is 15.1. The molecule has 10 heteroatoms. The fourth-order valence-electron chi connectivity index (χ4n) is 5.43. The number of fused-ring (bicyclic) bond motifs is 2. The summed E-state index contributed by atoms with van der Waals surface area (Å²) in [6.07, 6.45) is 1.92. The minimum absolute atomic E-state index is 0.126. The molecular weight excluding hydrogens is 653 g/mol. The monoisotopic (exact) mass is 681 g/mol. The van der Waals surface area contributed by atoms with E-state index >= 15 is 0 Å². The third kappa shape index (κ3) is 4.72. The molecule has 2 aromatic heterocycles. The van der Waals surface area contributed by atoms with Crippen LogP contribution in [0.25, 0.3) is 11.8 Å². The van der Waals surface area contributed by atoms with E-state index < -0.39 is 12.0 Å². The average Bonchev–Trinajstić information content (AvgIpc) is 3.60. The number of ether oxygens (including phenoxy) is 3.